The summed E-state index contributed by atoms with van der Waals surface area (Å²) in [5, 5.41) is 6.98. The Labute approximate surface area is 210 Å². The number of hydrogen-bond acceptors (Lipinski definition) is 6. The Morgan fingerprint density at radius 3 is 2.58 bits per heavy atom. The zero-order valence-corrected chi connectivity index (χ0v) is 20.7. The van der Waals surface area contributed by atoms with Gasteiger partial charge in [-0.15, -0.1) is 0 Å². The minimum absolute atomic E-state index is 0.0269. The predicted molar refractivity (Wildman–Crippen MR) is 134 cm³/mol. The maximum Gasteiger partial charge on any atom is 0.257 e. The van der Waals surface area contributed by atoms with Crippen molar-refractivity contribution < 1.29 is 18.5 Å². The van der Waals surface area contributed by atoms with E-state index in [9.17, 15) is 14.0 Å². The van der Waals surface area contributed by atoms with Crippen LogP contribution in [0.5, 0.6) is 0 Å². The smallest absolute Gasteiger partial charge is 0.257 e. The maximum atomic E-state index is 13.9. The molecular formula is C27H32FN5O3. The summed E-state index contributed by atoms with van der Waals surface area (Å²) in [5.74, 6) is -0.295. The SMILES string of the molecule is C[C@@H](CCNC(=O)c1ccc(-c2nc(CCN(C)C(=O)c3ccccc3F)no2)cc1)N1CCCC1. The molecule has 9 heteroatoms. The van der Waals surface area contributed by atoms with Gasteiger partial charge >= 0.3 is 0 Å². The second kappa shape index (κ2) is 11.9. The molecular weight excluding hydrogens is 461 g/mol. The Kier molecular flexibility index (Phi) is 8.43. The van der Waals surface area contributed by atoms with Gasteiger partial charge in [0, 0.05) is 43.7 Å². The van der Waals surface area contributed by atoms with Gasteiger partial charge in [-0.25, -0.2) is 4.39 Å². The van der Waals surface area contributed by atoms with Crippen molar-refractivity contribution in [1.29, 1.82) is 0 Å². The van der Waals surface area contributed by atoms with Crippen LogP contribution in [0.2, 0.25) is 0 Å². The highest BCUT2D eigenvalue weighted by Crippen LogP contribution is 2.19. The van der Waals surface area contributed by atoms with Gasteiger partial charge in [0.15, 0.2) is 5.82 Å². The lowest BCUT2D eigenvalue weighted by Gasteiger charge is -2.23. The molecule has 1 N–H and O–H groups in total. The summed E-state index contributed by atoms with van der Waals surface area (Å²) in [4.78, 5) is 33.2. The highest BCUT2D eigenvalue weighted by molar-refractivity contribution is 5.95. The predicted octanol–water partition coefficient (Wildman–Crippen LogP) is 3.79. The molecule has 2 amide bonds. The minimum Gasteiger partial charge on any atom is -0.352 e. The number of carbonyl (C=O) groups is 2. The van der Waals surface area contributed by atoms with Crippen LogP contribution in [-0.2, 0) is 6.42 Å². The average molecular weight is 494 g/mol. The van der Waals surface area contributed by atoms with Gasteiger partial charge in [-0.2, -0.15) is 4.98 Å². The number of hydrogen-bond donors (Lipinski definition) is 1. The maximum absolute atomic E-state index is 13.9. The van der Waals surface area contributed by atoms with Gasteiger partial charge in [-0.3, -0.25) is 9.59 Å². The van der Waals surface area contributed by atoms with Gasteiger partial charge in [0.1, 0.15) is 5.82 Å². The molecule has 0 spiro atoms. The molecule has 1 aliphatic heterocycles. The standard InChI is InChI=1S/C27H32FN5O3/c1-19(33-16-5-6-17-33)13-15-29-25(34)20-9-11-21(12-10-20)26-30-24(31-36-26)14-18-32(2)27(35)22-7-3-4-8-23(22)28/h3-4,7-12,19H,5-6,13-18H2,1-2H3,(H,29,34)/t19-/m0/s1. The fraction of sp³-hybridized carbons (Fsp3) is 0.407. The molecule has 2 heterocycles. The molecule has 36 heavy (non-hydrogen) atoms. The van der Waals surface area contributed by atoms with E-state index in [2.05, 4.69) is 27.3 Å². The Morgan fingerprint density at radius 1 is 1.14 bits per heavy atom. The number of nitrogens with zero attached hydrogens (tertiary/aromatic N) is 4. The van der Waals surface area contributed by atoms with Crippen LogP contribution in [0, 0.1) is 5.82 Å². The summed E-state index contributed by atoms with van der Waals surface area (Å²) >= 11 is 0. The quantitative estimate of drug-likeness (QED) is 0.462. The molecule has 0 radical (unpaired) electrons. The third-order valence-corrected chi connectivity index (χ3v) is 6.60. The van der Waals surface area contributed by atoms with Crippen molar-refractivity contribution in [3.8, 4) is 11.5 Å². The lowest BCUT2D eigenvalue weighted by atomic mass is 10.1. The number of aromatic nitrogens is 2. The van der Waals surface area contributed by atoms with Gasteiger partial charge in [-0.1, -0.05) is 17.3 Å². The van der Waals surface area contributed by atoms with Gasteiger partial charge in [0.2, 0.25) is 0 Å². The molecule has 2 aromatic carbocycles. The molecule has 0 saturated carbocycles. The molecule has 1 atom stereocenters. The molecule has 1 fully saturated rings. The Balaban J connectivity index is 1.26. The molecule has 1 aromatic heterocycles. The van der Waals surface area contributed by atoms with E-state index in [1.54, 1.807) is 43.4 Å². The second-order valence-corrected chi connectivity index (χ2v) is 9.19. The van der Waals surface area contributed by atoms with E-state index in [1.165, 1.54) is 29.9 Å². The molecule has 190 valence electrons. The van der Waals surface area contributed by atoms with Crippen LogP contribution < -0.4 is 5.32 Å². The molecule has 1 saturated heterocycles. The van der Waals surface area contributed by atoms with Crippen molar-refractivity contribution in [2.24, 2.45) is 0 Å². The molecule has 1 aliphatic rings. The van der Waals surface area contributed by atoms with Crippen molar-refractivity contribution in [2.75, 3.05) is 33.2 Å². The zero-order valence-electron chi connectivity index (χ0n) is 20.7. The number of nitrogens with one attached hydrogen (secondary N) is 1. The van der Waals surface area contributed by atoms with Crippen LogP contribution in [0.25, 0.3) is 11.5 Å². The van der Waals surface area contributed by atoms with E-state index >= 15 is 0 Å². The van der Waals surface area contributed by atoms with Crippen molar-refractivity contribution >= 4 is 11.8 Å². The summed E-state index contributed by atoms with van der Waals surface area (Å²) in [7, 11) is 1.60. The first kappa shape index (κ1) is 25.5. The lowest BCUT2D eigenvalue weighted by molar-refractivity contribution is 0.0790. The molecule has 0 bridgehead atoms. The van der Waals surface area contributed by atoms with Gasteiger partial charge in [-0.05, 0) is 75.7 Å². The average Bonchev–Trinajstić information content (AvgIpc) is 3.60. The summed E-state index contributed by atoms with van der Waals surface area (Å²) in [6.45, 7) is 5.46. The monoisotopic (exact) mass is 493 g/mol. The topological polar surface area (TPSA) is 91.6 Å². The Hall–Kier alpha value is -3.59. The van der Waals surface area contributed by atoms with Crippen LogP contribution in [0.15, 0.2) is 53.1 Å². The molecule has 4 rings (SSSR count). The normalized spacial score (nSPS) is 14.5. The molecule has 8 nitrogen and oxygen atoms in total. The van der Waals surface area contributed by atoms with Crippen LogP contribution in [-0.4, -0.2) is 71.0 Å². The van der Waals surface area contributed by atoms with E-state index in [4.69, 9.17) is 4.52 Å². The van der Waals surface area contributed by atoms with Crippen LogP contribution in [0.4, 0.5) is 4.39 Å². The first-order chi connectivity index (χ1) is 17.4. The van der Waals surface area contributed by atoms with Crippen molar-refractivity contribution in [1.82, 2.24) is 25.3 Å². The third-order valence-electron chi connectivity index (χ3n) is 6.60. The van der Waals surface area contributed by atoms with Gasteiger partial charge in [0.25, 0.3) is 17.7 Å². The van der Waals surface area contributed by atoms with Crippen LogP contribution in [0.3, 0.4) is 0 Å². The van der Waals surface area contributed by atoms with E-state index < -0.39 is 11.7 Å². The minimum atomic E-state index is -0.551. The fourth-order valence-corrected chi connectivity index (χ4v) is 4.31. The van der Waals surface area contributed by atoms with Crippen molar-refractivity contribution in [2.45, 2.75) is 38.6 Å². The highest BCUT2D eigenvalue weighted by atomic mass is 19.1. The summed E-state index contributed by atoms with van der Waals surface area (Å²) in [6.07, 6.45) is 3.81. The Bertz CT molecular complexity index is 1170. The zero-order chi connectivity index (χ0) is 25.5. The van der Waals surface area contributed by atoms with E-state index in [0.717, 1.165) is 19.5 Å². The largest absolute Gasteiger partial charge is 0.352 e. The van der Waals surface area contributed by atoms with E-state index in [1.807, 2.05) is 0 Å². The first-order valence-corrected chi connectivity index (χ1v) is 12.4. The lowest BCUT2D eigenvalue weighted by Crippen LogP contribution is -2.34. The van der Waals surface area contributed by atoms with Gasteiger partial charge < -0.3 is 19.6 Å². The van der Waals surface area contributed by atoms with Crippen molar-refractivity contribution in [3.63, 3.8) is 0 Å². The summed E-state index contributed by atoms with van der Waals surface area (Å²) < 4.78 is 19.2. The molecule has 0 aliphatic carbocycles. The molecule has 0 unspecified atom stereocenters. The Morgan fingerprint density at radius 2 is 1.86 bits per heavy atom. The number of benzene rings is 2. The van der Waals surface area contributed by atoms with E-state index in [-0.39, 0.29) is 11.5 Å². The summed E-state index contributed by atoms with van der Waals surface area (Å²) in [6, 6.07) is 13.4. The number of carbonyl (C=O) groups excluding carboxylic acids is 2. The highest BCUT2D eigenvalue weighted by Gasteiger charge is 2.19. The van der Waals surface area contributed by atoms with Crippen molar-refractivity contribution in [3.05, 3.63) is 71.3 Å². The number of likely N-dealkylation sites (N-methyl/N-ethyl adjacent to an activating group) is 1. The number of likely N-dealkylation sites (tertiary alicyclic amines) is 1. The second-order valence-electron chi connectivity index (χ2n) is 9.19. The first-order valence-electron chi connectivity index (χ1n) is 12.4. The fourth-order valence-electron chi connectivity index (χ4n) is 4.31. The molecule has 3 aromatic rings. The third kappa shape index (κ3) is 6.34. The number of rotatable bonds is 10. The van der Waals surface area contributed by atoms with Crippen LogP contribution in [0.1, 0.15) is 52.7 Å². The number of halogens is 1. The number of amides is 2. The van der Waals surface area contributed by atoms with E-state index in [0.29, 0.717) is 48.4 Å². The summed E-state index contributed by atoms with van der Waals surface area (Å²) in [5.41, 5.74) is 1.29. The van der Waals surface area contributed by atoms with Crippen LogP contribution >= 0.6 is 0 Å². The van der Waals surface area contributed by atoms with Gasteiger partial charge in [0.05, 0.1) is 5.56 Å².